The molecule has 1 aromatic carbocycles. The Morgan fingerprint density at radius 2 is 1.32 bits per heavy atom. The Morgan fingerprint density at radius 3 is 1.91 bits per heavy atom. The van der Waals surface area contributed by atoms with Crippen molar-refractivity contribution in [3.63, 3.8) is 0 Å². The molecule has 4 aliphatic rings. The molecule has 0 spiro atoms. The Hall–Kier alpha value is -0.350. The molecule has 3 fully saturated rings. The van der Waals surface area contributed by atoms with Crippen molar-refractivity contribution in [1.82, 2.24) is 4.90 Å². The van der Waals surface area contributed by atoms with Crippen molar-refractivity contribution in [3.8, 4) is 0 Å². The number of carbonyl (C=O) groups is 1. The van der Waals surface area contributed by atoms with Crippen LogP contribution in [0.15, 0.2) is 29.3 Å². The molecule has 6 heteroatoms. The van der Waals surface area contributed by atoms with Crippen LogP contribution >= 0.6 is 26.4 Å². The van der Waals surface area contributed by atoms with E-state index < -0.39 is 0 Å². The minimum Gasteiger partial charge on any atom is -0.287 e. The van der Waals surface area contributed by atoms with E-state index in [4.69, 9.17) is 4.99 Å². The van der Waals surface area contributed by atoms with Crippen molar-refractivity contribution in [3.05, 3.63) is 29.8 Å². The number of amidine groups is 1. The third-order valence-electron chi connectivity index (χ3n) is 8.70. The maximum Gasteiger partial charge on any atom is 0.231 e. The number of hydrogen-bond acceptors (Lipinski definition) is 2. The smallest absolute Gasteiger partial charge is 0.231 e. The molecule has 1 aliphatic heterocycles. The summed E-state index contributed by atoms with van der Waals surface area (Å²) in [6.07, 6.45) is 19.7. The minimum absolute atomic E-state index is 0.0399. The van der Waals surface area contributed by atoms with Crippen LogP contribution in [0, 0.1) is 5.92 Å². The van der Waals surface area contributed by atoms with Gasteiger partial charge in [0, 0.05) is 11.5 Å². The van der Waals surface area contributed by atoms with Gasteiger partial charge in [-0.25, -0.2) is 0 Å². The van der Waals surface area contributed by atoms with Crippen LogP contribution in [0.3, 0.4) is 0 Å². The van der Waals surface area contributed by atoms with Gasteiger partial charge in [0.1, 0.15) is 5.84 Å². The highest BCUT2D eigenvalue weighted by atomic mass is 31.1. The number of rotatable bonds is 5. The Balaban J connectivity index is 1.52. The zero-order valence-electron chi connectivity index (χ0n) is 20.7. The number of carbonyl (C=O) groups excluding carboxylic acids is 1. The van der Waals surface area contributed by atoms with Crippen LogP contribution < -0.4 is 5.30 Å². The number of amides is 1. The second kappa shape index (κ2) is 11.8. The summed E-state index contributed by atoms with van der Waals surface area (Å²) in [4.78, 5) is 21.1. The first-order valence-electron chi connectivity index (χ1n) is 13.9. The number of benzene rings is 1. The zero-order chi connectivity index (χ0) is 23.5. The molecule has 0 N–H and O–H groups in total. The van der Waals surface area contributed by atoms with E-state index in [9.17, 15) is 4.79 Å². The van der Waals surface area contributed by atoms with E-state index in [2.05, 4.69) is 47.6 Å². The lowest BCUT2D eigenvalue weighted by atomic mass is 9.88. The molecule has 4 atom stereocenters. The summed E-state index contributed by atoms with van der Waals surface area (Å²) in [5, 5.41) is 1.55. The summed E-state index contributed by atoms with van der Waals surface area (Å²) in [5.74, 6) is 1.54. The van der Waals surface area contributed by atoms with Gasteiger partial charge in [0.25, 0.3) is 0 Å². The highest BCUT2D eigenvalue weighted by Gasteiger charge is 2.41. The Morgan fingerprint density at radius 1 is 0.794 bits per heavy atom. The fourth-order valence-corrected chi connectivity index (χ4v) is 11.5. The first kappa shape index (κ1) is 25.3. The van der Waals surface area contributed by atoms with Crippen molar-refractivity contribution in [1.29, 1.82) is 0 Å². The lowest BCUT2D eigenvalue weighted by Crippen LogP contribution is -2.45. The van der Waals surface area contributed by atoms with Crippen molar-refractivity contribution in [2.75, 3.05) is 0 Å². The third kappa shape index (κ3) is 5.34. The quantitative estimate of drug-likeness (QED) is 0.387. The molecule has 3 nitrogen and oxygen atoms in total. The minimum atomic E-state index is -0.243. The van der Waals surface area contributed by atoms with Gasteiger partial charge in [0.2, 0.25) is 5.91 Å². The molecule has 186 valence electrons. The van der Waals surface area contributed by atoms with Crippen molar-refractivity contribution in [2.24, 2.45) is 10.9 Å². The average molecular weight is 517 g/mol. The van der Waals surface area contributed by atoms with Crippen LogP contribution in [0.25, 0.3) is 0 Å². The highest BCUT2D eigenvalue weighted by Crippen LogP contribution is 2.55. The average Bonchev–Trinajstić information content (AvgIpc) is 3.19. The second-order valence-electron chi connectivity index (χ2n) is 11.0. The van der Waals surface area contributed by atoms with Crippen LogP contribution in [0.5, 0.6) is 0 Å². The summed E-state index contributed by atoms with van der Waals surface area (Å²) < 4.78 is 0. The predicted octanol–water partition coefficient (Wildman–Crippen LogP) is 7.03. The molecular formula is C28H43N2OP3. The van der Waals surface area contributed by atoms with Gasteiger partial charge in [-0.3, -0.25) is 14.7 Å². The molecule has 0 aromatic heterocycles. The Labute approximate surface area is 212 Å². The summed E-state index contributed by atoms with van der Waals surface area (Å²) in [7, 11) is 5.59. The highest BCUT2D eigenvalue weighted by molar-refractivity contribution is 7.67. The van der Waals surface area contributed by atoms with Crippen LogP contribution in [-0.4, -0.2) is 39.5 Å². The standard InChI is InChI=1S/C28H43N2OP3/c31-27(20-12-4-1-5-13-20)30-25(29-26(32)28(30)33)23-18-10-11-19-24(23)34(21-14-6-2-7-15-21)22-16-8-3-9-17-22/h10-11,18-22,26,28H,1-9,12-17,32-33H2/t26-,28-/m1/s1. The Kier molecular flexibility index (Phi) is 8.78. The van der Waals surface area contributed by atoms with E-state index in [0.717, 1.165) is 30.0 Å². The lowest BCUT2D eigenvalue weighted by Gasteiger charge is -2.40. The fourth-order valence-electron chi connectivity index (χ4n) is 6.87. The van der Waals surface area contributed by atoms with Gasteiger partial charge >= 0.3 is 0 Å². The van der Waals surface area contributed by atoms with Gasteiger partial charge in [-0.2, -0.15) is 0 Å². The van der Waals surface area contributed by atoms with Crippen molar-refractivity contribution >= 4 is 43.4 Å². The molecule has 1 heterocycles. The molecule has 5 rings (SSSR count). The molecule has 2 unspecified atom stereocenters. The van der Waals surface area contributed by atoms with Crippen LogP contribution in [0.1, 0.15) is 102 Å². The largest absolute Gasteiger partial charge is 0.287 e. The molecule has 1 aromatic rings. The third-order valence-corrected chi connectivity index (χ3v) is 13.9. The molecule has 0 radical (unpaired) electrons. The topological polar surface area (TPSA) is 32.7 Å². The summed E-state index contributed by atoms with van der Waals surface area (Å²) in [6.45, 7) is 0. The molecule has 3 aliphatic carbocycles. The monoisotopic (exact) mass is 516 g/mol. The zero-order valence-corrected chi connectivity index (χ0v) is 23.9. The summed E-state index contributed by atoms with van der Waals surface area (Å²) in [6, 6.07) is 9.13. The van der Waals surface area contributed by atoms with Gasteiger partial charge in [-0.1, -0.05) is 90.0 Å². The molecule has 0 saturated heterocycles. The number of nitrogens with zero attached hydrogens (tertiary/aromatic N) is 2. The number of aliphatic imine (C=N–C) groups is 1. The van der Waals surface area contributed by atoms with Gasteiger partial charge in [0.05, 0.1) is 11.6 Å². The van der Waals surface area contributed by atoms with E-state index in [1.54, 1.807) is 5.30 Å². The van der Waals surface area contributed by atoms with Gasteiger partial charge in [-0.15, -0.1) is 18.5 Å². The molecular weight excluding hydrogens is 473 g/mol. The molecule has 1 amide bonds. The van der Waals surface area contributed by atoms with Crippen LogP contribution in [-0.2, 0) is 4.79 Å². The van der Waals surface area contributed by atoms with Gasteiger partial charge in [0.15, 0.2) is 0 Å². The van der Waals surface area contributed by atoms with Crippen LogP contribution in [0.4, 0.5) is 0 Å². The van der Waals surface area contributed by atoms with Crippen molar-refractivity contribution < 1.29 is 4.79 Å². The van der Waals surface area contributed by atoms with Gasteiger partial charge < -0.3 is 0 Å². The predicted molar refractivity (Wildman–Crippen MR) is 154 cm³/mol. The van der Waals surface area contributed by atoms with E-state index in [1.807, 2.05) is 0 Å². The maximum atomic E-state index is 13.9. The van der Waals surface area contributed by atoms with Crippen molar-refractivity contribution in [2.45, 2.75) is 119 Å². The first-order valence-corrected chi connectivity index (χ1v) is 16.8. The summed E-state index contributed by atoms with van der Waals surface area (Å²) in [5.41, 5.74) is 2.96. The van der Waals surface area contributed by atoms with E-state index in [0.29, 0.717) is 5.91 Å². The normalized spacial score (nSPS) is 27.9. The number of hydrogen-bond donors (Lipinski definition) is 0. The first-order chi connectivity index (χ1) is 16.6. The Bertz CT molecular complexity index is 854. The van der Waals surface area contributed by atoms with Gasteiger partial charge in [-0.05, 0) is 55.1 Å². The van der Waals surface area contributed by atoms with E-state index in [1.165, 1.54) is 89.0 Å². The summed E-state index contributed by atoms with van der Waals surface area (Å²) >= 11 is 0. The van der Waals surface area contributed by atoms with E-state index >= 15 is 0 Å². The van der Waals surface area contributed by atoms with Crippen LogP contribution in [0.2, 0.25) is 0 Å². The lowest BCUT2D eigenvalue weighted by molar-refractivity contribution is -0.132. The molecule has 3 saturated carbocycles. The fraction of sp³-hybridized carbons (Fsp3) is 0.714. The molecule has 34 heavy (non-hydrogen) atoms. The van der Waals surface area contributed by atoms with E-state index in [-0.39, 0.29) is 25.4 Å². The SMILES string of the molecule is O=C(C1CCCCC1)N1C(c2ccccc2P(C2CCCCC2)C2CCCCC2)=N[C@H](P)[C@H]1P. The molecule has 0 bridgehead atoms. The second-order valence-corrected chi connectivity index (χ2v) is 15.1. The maximum absolute atomic E-state index is 13.9.